The first-order valence-electron chi connectivity index (χ1n) is 9.55. The minimum atomic E-state index is 0.312. The number of nitrogens with one attached hydrogen (secondary N) is 2. The van der Waals surface area contributed by atoms with Gasteiger partial charge in [-0.05, 0) is 44.4 Å². The fourth-order valence-corrected chi connectivity index (χ4v) is 3.96. The van der Waals surface area contributed by atoms with E-state index in [2.05, 4.69) is 47.4 Å². The van der Waals surface area contributed by atoms with Crippen LogP contribution in [0.5, 0.6) is 11.5 Å². The molecule has 0 radical (unpaired) electrons. The van der Waals surface area contributed by atoms with Gasteiger partial charge in [0.05, 0.1) is 10.7 Å². The minimum Gasteiger partial charge on any atom is -0.454 e. The van der Waals surface area contributed by atoms with Crippen LogP contribution >= 0.6 is 11.3 Å². The molecule has 0 atom stereocenters. The molecule has 2 N–H and O–H groups in total. The maximum Gasteiger partial charge on any atom is 0.231 e. The van der Waals surface area contributed by atoms with Crippen molar-refractivity contribution >= 4 is 17.3 Å². The Hall–Kier alpha value is -2.28. The molecule has 0 aliphatic carbocycles. The van der Waals surface area contributed by atoms with Crippen molar-refractivity contribution in [2.24, 2.45) is 4.99 Å². The third-order valence-corrected chi connectivity index (χ3v) is 5.43. The standard InChI is InChI=1S/C20H28N4O2S/c1-4-16-14(3)27-19(24-16)9-11-23-20(21-5-2)22-10-8-15-6-7-17-18(12-15)26-13-25-17/h6-7,12H,4-5,8-11,13H2,1-3H3,(H2,21,22,23). The molecule has 2 heterocycles. The summed E-state index contributed by atoms with van der Waals surface area (Å²) in [5, 5.41) is 7.87. The quantitative estimate of drug-likeness (QED) is 0.537. The Balaban J connectivity index is 1.48. The van der Waals surface area contributed by atoms with Crippen LogP contribution in [-0.4, -0.2) is 37.4 Å². The molecular weight excluding hydrogens is 360 g/mol. The molecule has 0 saturated carbocycles. The van der Waals surface area contributed by atoms with Gasteiger partial charge in [0.15, 0.2) is 17.5 Å². The number of nitrogens with zero attached hydrogens (tertiary/aromatic N) is 2. The van der Waals surface area contributed by atoms with E-state index >= 15 is 0 Å². The normalized spacial score (nSPS) is 13.1. The van der Waals surface area contributed by atoms with Crippen molar-refractivity contribution in [3.05, 3.63) is 39.3 Å². The summed E-state index contributed by atoms with van der Waals surface area (Å²) in [6.45, 7) is 9.06. The molecular formula is C20H28N4O2S. The molecule has 1 aliphatic rings. The number of hydrogen-bond donors (Lipinski definition) is 2. The monoisotopic (exact) mass is 388 g/mol. The van der Waals surface area contributed by atoms with Crippen LogP contribution in [-0.2, 0) is 19.3 Å². The van der Waals surface area contributed by atoms with Crippen LogP contribution in [0.3, 0.4) is 0 Å². The topological polar surface area (TPSA) is 67.8 Å². The second kappa shape index (κ2) is 9.60. The van der Waals surface area contributed by atoms with E-state index in [4.69, 9.17) is 9.47 Å². The van der Waals surface area contributed by atoms with Crippen LogP contribution in [0.1, 0.15) is 35.0 Å². The van der Waals surface area contributed by atoms with Gasteiger partial charge in [-0.2, -0.15) is 0 Å². The molecule has 3 rings (SSSR count). The summed E-state index contributed by atoms with van der Waals surface area (Å²) >= 11 is 1.79. The lowest BCUT2D eigenvalue weighted by Gasteiger charge is -2.11. The van der Waals surface area contributed by atoms with Gasteiger partial charge in [0.2, 0.25) is 6.79 Å². The minimum absolute atomic E-state index is 0.312. The lowest BCUT2D eigenvalue weighted by Crippen LogP contribution is -2.38. The van der Waals surface area contributed by atoms with Crippen molar-refractivity contribution in [2.45, 2.75) is 40.0 Å². The number of ether oxygens (including phenoxy) is 2. The third kappa shape index (κ3) is 5.35. The highest BCUT2D eigenvalue weighted by Gasteiger charge is 2.13. The third-order valence-electron chi connectivity index (χ3n) is 4.35. The van der Waals surface area contributed by atoms with Gasteiger partial charge in [0.25, 0.3) is 0 Å². The average molecular weight is 389 g/mol. The molecule has 0 amide bonds. The predicted molar refractivity (Wildman–Crippen MR) is 110 cm³/mol. The van der Waals surface area contributed by atoms with Gasteiger partial charge in [-0.1, -0.05) is 13.0 Å². The van der Waals surface area contributed by atoms with Crippen LogP contribution in [0.2, 0.25) is 0 Å². The van der Waals surface area contributed by atoms with Crippen LogP contribution in [0.25, 0.3) is 0 Å². The molecule has 0 bridgehead atoms. The number of guanidine groups is 1. The zero-order chi connectivity index (χ0) is 19.1. The number of fused-ring (bicyclic) bond motifs is 1. The molecule has 27 heavy (non-hydrogen) atoms. The summed E-state index contributed by atoms with van der Waals surface area (Å²) < 4.78 is 10.8. The van der Waals surface area contributed by atoms with E-state index in [1.165, 1.54) is 21.1 Å². The average Bonchev–Trinajstić information content (AvgIpc) is 3.27. The summed E-state index contributed by atoms with van der Waals surface area (Å²) in [7, 11) is 0. The Morgan fingerprint density at radius 2 is 2.04 bits per heavy atom. The van der Waals surface area contributed by atoms with E-state index in [-0.39, 0.29) is 0 Å². The van der Waals surface area contributed by atoms with E-state index in [1.807, 2.05) is 12.1 Å². The highest BCUT2D eigenvalue weighted by atomic mass is 32.1. The highest BCUT2D eigenvalue weighted by Crippen LogP contribution is 2.32. The second-order valence-corrected chi connectivity index (χ2v) is 7.63. The van der Waals surface area contributed by atoms with Crippen molar-refractivity contribution < 1.29 is 9.47 Å². The molecule has 0 saturated heterocycles. The maximum atomic E-state index is 5.43. The van der Waals surface area contributed by atoms with Gasteiger partial charge in [-0.25, -0.2) is 4.98 Å². The highest BCUT2D eigenvalue weighted by molar-refractivity contribution is 7.11. The number of rotatable bonds is 8. The molecule has 1 aromatic carbocycles. The summed E-state index contributed by atoms with van der Waals surface area (Å²) in [5.41, 5.74) is 2.43. The van der Waals surface area contributed by atoms with Gasteiger partial charge in [0, 0.05) is 30.9 Å². The number of thiazole rings is 1. The summed E-state index contributed by atoms with van der Waals surface area (Å²) in [6, 6.07) is 6.09. The van der Waals surface area contributed by atoms with E-state index in [0.717, 1.165) is 56.4 Å². The van der Waals surface area contributed by atoms with E-state index in [9.17, 15) is 0 Å². The smallest absolute Gasteiger partial charge is 0.231 e. The fraction of sp³-hybridized carbons (Fsp3) is 0.500. The summed E-state index contributed by atoms with van der Waals surface area (Å²) in [5.74, 6) is 2.51. The van der Waals surface area contributed by atoms with Gasteiger partial charge in [-0.3, -0.25) is 4.99 Å². The number of hydrogen-bond acceptors (Lipinski definition) is 5. The van der Waals surface area contributed by atoms with Crippen LogP contribution in [0.4, 0.5) is 0 Å². The molecule has 2 aromatic rings. The predicted octanol–water partition coefficient (Wildman–Crippen LogP) is 3.08. The van der Waals surface area contributed by atoms with Crippen LogP contribution in [0, 0.1) is 6.92 Å². The molecule has 146 valence electrons. The Labute approximate surface area is 165 Å². The molecule has 0 fully saturated rings. The van der Waals surface area contributed by atoms with E-state index < -0.39 is 0 Å². The fourth-order valence-electron chi connectivity index (χ4n) is 2.95. The van der Waals surface area contributed by atoms with Crippen molar-refractivity contribution in [3.63, 3.8) is 0 Å². The molecule has 7 heteroatoms. The van der Waals surface area contributed by atoms with Crippen molar-refractivity contribution in [3.8, 4) is 11.5 Å². The van der Waals surface area contributed by atoms with Crippen molar-refractivity contribution in [1.29, 1.82) is 0 Å². The van der Waals surface area contributed by atoms with Crippen molar-refractivity contribution in [2.75, 3.05) is 26.4 Å². The molecule has 1 aliphatic heterocycles. The Bertz CT molecular complexity index is 788. The Kier molecular flexibility index (Phi) is 6.92. The molecule has 6 nitrogen and oxygen atoms in total. The SMILES string of the molecule is CCNC(=NCCc1nc(CC)c(C)s1)NCCc1ccc2c(c1)OCO2. The maximum absolute atomic E-state index is 5.43. The molecule has 0 unspecified atom stereocenters. The Morgan fingerprint density at radius 1 is 1.19 bits per heavy atom. The van der Waals surface area contributed by atoms with Crippen molar-refractivity contribution in [1.82, 2.24) is 15.6 Å². The first-order valence-corrected chi connectivity index (χ1v) is 10.4. The lowest BCUT2D eigenvalue weighted by atomic mass is 10.1. The largest absolute Gasteiger partial charge is 0.454 e. The van der Waals surface area contributed by atoms with Gasteiger partial charge >= 0.3 is 0 Å². The summed E-state index contributed by atoms with van der Waals surface area (Å²) in [4.78, 5) is 10.7. The molecule has 1 aromatic heterocycles. The molecule has 0 spiro atoms. The van der Waals surface area contributed by atoms with E-state index in [1.54, 1.807) is 11.3 Å². The van der Waals surface area contributed by atoms with Gasteiger partial charge in [-0.15, -0.1) is 11.3 Å². The first kappa shape index (κ1) is 19.5. The lowest BCUT2D eigenvalue weighted by molar-refractivity contribution is 0.174. The number of aliphatic imine (C=N–C) groups is 1. The van der Waals surface area contributed by atoms with Crippen LogP contribution in [0.15, 0.2) is 23.2 Å². The van der Waals surface area contributed by atoms with Gasteiger partial charge in [0.1, 0.15) is 0 Å². The number of aryl methyl sites for hydroxylation is 2. The van der Waals surface area contributed by atoms with Crippen LogP contribution < -0.4 is 20.1 Å². The first-order chi connectivity index (χ1) is 13.2. The van der Waals surface area contributed by atoms with Gasteiger partial charge < -0.3 is 20.1 Å². The number of benzene rings is 1. The Morgan fingerprint density at radius 3 is 2.81 bits per heavy atom. The zero-order valence-corrected chi connectivity index (χ0v) is 17.1. The van der Waals surface area contributed by atoms with E-state index in [0.29, 0.717) is 6.79 Å². The number of aromatic nitrogens is 1. The second-order valence-electron chi connectivity index (χ2n) is 6.34. The summed E-state index contributed by atoms with van der Waals surface area (Å²) in [6.07, 6.45) is 2.77. The zero-order valence-electron chi connectivity index (χ0n) is 16.3.